The number of hydrogen-bond donors (Lipinski definition) is 1. The van der Waals surface area contributed by atoms with E-state index in [4.69, 9.17) is 19.3 Å². The van der Waals surface area contributed by atoms with E-state index in [0.29, 0.717) is 6.42 Å². The minimum absolute atomic E-state index is 0.0613. The fourth-order valence-corrected chi connectivity index (χ4v) is 3.10. The van der Waals surface area contributed by atoms with Gasteiger partial charge in [0.05, 0.1) is 0 Å². The Bertz CT molecular complexity index is 1060. The van der Waals surface area contributed by atoms with E-state index in [1.54, 1.807) is 0 Å². The zero-order valence-corrected chi connectivity index (χ0v) is 26.5. The van der Waals surface area contributed by atoms with Crippen molar-refractivity contribution in [3.05, 3.63) is 72.9 Å². The van der Waals surface area contributed by atoms with E-state index in [2.05, 4.69) is 66.3 Å². The average Bonchev–Trinajstić information content (AvgIpc) is 2.97. The van der Waals surface area contributed by atoms with E-state index in [9.17, 15) is 24.0 Å². The summed E-state index contributed by atoms with van der Waals surface area (Å²) in [7, 11) is 0. The van der Waals surface area contributed by atoms with Crippen LogP contribution < -0.4 is 0 Å². The standard InChI is InChI=1S/C34H48O10/c1-6-7-8-9-10-11-12-13-14-15-16-17-18-19-20-21-22-23-24-25-30(35)41-27(3)32(38)43-29(5)34(40)44-28(4)33(39)42-26(2)31(36)37/h7-8,10-11,13-14,16-17,19-20,22-23,26-29H,6,9,12,15,18,21,24-25H2,1-5H3,(H,36,37)/b8-7-,11-10-,14-13-,17-16-,20-19-,23-22-/t26-,27-,28-,29-/m0/s1. The largest absolute Gasteiger partial charge is 0.479 e. The van der Waals surface area contributed by atoms with Gasteiger partial charge < -0.3 is 24.1 Å². The summed E-state index contributed by atoms with van der Waals surface area (Å²) in [6.45, 7) is 6.98. The highest BCUT2D eigenvalue weighted by Gasteiger charge is 2.29. The highest BCUT2D eigenvalue weighted by molar-refractivity contribution is 5.85. The summed E-state index contributed by atoms with van der Waals surface area (Å²) in [6.07, 6.45) is 25.6. The van der Waals surface area contributed by atoms with Crippen molar-refractivity contribution >= 4 is 29.8 Å². The van der Waals surface area contributed by atoms with Crippen LogP contribution in [-0.4, -0.2) is 59.4 Å². The fourth-order valence-electron chi connectivity index (χ4n) is 3.10. The van der Waals surface area contributed by atoms with Crippen molar-refractivity contribution < 1.29 is 48.0 Å². The third-order valence-corrected chi connectivity index (χ3v) is 5.64. The molecule has 0 aliphatic rings. The zero-order valence-electron chi connectivity index (χ0n) is 26.5. The first-order valence-electron chi connectivity index (χ1n) is 14.9. The van der Waals surface area contributed by atoms with Gasteiger partial charge in [-0.15, -0.1) is 0 Å². The molecule has 10 nitrogen and oxygen atoms in total. The molecule has 0 aromatic rings. The second kappa shape index (κ2) is 25.3. The Morgan fingerprint density at radius 1 is 0.500 bits per heavy atom. The minimum atomic E-state index is -1.42. The highest BCUT2D eigenvalue weighted by atomic mass is 16.6. The predicted molar refractivity (Wildman–Crippen MR) is 167 cm³/mol. The molecule has 0 unspecified atom stereocenters. The lowest BCUT2D eigenvalue weighted by Crippen LogP contribution is -2.37. The summed E-state index contributed by atoms with van der Waals surface area (Å²) in [5.41, 5.74) is 0. The molecule has 244 valence electrons. The highest BCUT2D eigenvalue weighted by Crippen LogP contribution is 2.07. The van der Waals surface area contributed by atoms with Crippen LogP contribution in [0.4, 0.5) is 0 Å². The van der Waals surface area contributed by atoms with Gasteiger partial charge in [0, 0.05) is 6.42 Å². The molecule has 0 heterocycles. The van der Waals surface area contributed by atoms with Crippen LogP contribution >= 0.6 is 0 Å². The number of allylic oxidation sites excluding steroid dienone is 12. The molecule has 0 bridgehead atoms. The Morgan fingerprint density at radius 3 is 1.18 bits per heavy atom. The van der Waals surface area contributed by atoms with Crippen LogP contribution in [0.25, 0.3) is 0 Å². The lowest BCUT2D eigenvalue weighted by molar-refractivity contribution is -0.184. The topological polar surface area (TPSA) is 143 Å². The molecule has 0 spiro atoms. The third-order valence-electron chi connectivity index (χ3n) is 5.64. The monoisotopic (exact) mass is 616 g/mol. The molecule has 0 aliphatic carbocycles. The molecule has 4 atom stereocenters. The van der Waals surface area contributed by atoms with Crippen molar-refractivity contribution in [2.45, 2.75) is 110 Å². The summed E-state index contributed by atoms with van der Waals surface area (Å²) in [5, 5.41) is 8.77. The van der Waals surface area contributed by atoms with Crippen molar-refractivity contribution in [2.24, 2.45) is 0 Å². The van der Waals surface area contributed by atoms with Gasteiger partial charge in [0.2, 0.25) is 0 Å². The van der Waals surface area contributed by atoms with E-state index in [1.807, 2.05) is 18.2 Å². The molecule has 0 aliphatic heterocycles. The van der Waals surface area contributed by atoms with Gasteiger partial charge >= 0.3 is 29.8 Å². The van der Waals surface area contributed by atoms with Gasteiger partial charge in [-0.05, 0) is 72.6 Å². The Hall–Kier alpha value is -4.21. The fraction of sp³-hybridized carbons (Fsp3) is 0.500. The zero-order chi connectivity index (χ0) is 33.2. The van der Waals surface area contributed by atoms with Gasteiger partial charge in [0.15, 0.2) is 24.4 Å². The van der Waals surface area contributed by atoms with Gasteiger partial charge in [0.1, 0.15) is 0 Å². The number of hydrogen-bond acceptors (Lipinski definition) is 9. The average molecular weight is 617 g/mol. The van der Waals surface area contributed by atoms with Crippen molar-refractivity contribution in [2.75, 3.05) is 0 Å². The van der Waals surface area contributed by atoms with E-state index in [-0.39, 0.29) is 6.42 Å². The van der Waals surface area contributed by atoms with E-state index in [1.165, 1.54) is 20.8 Å². The lowest BCUT2D eigenvalue weighted by Gasteiger charge is -2.19. The second-order valence-electron chi connectivity index (χ2n) is 9.66. The van der Waals surface area contributed by atoms with E-state index < -0.39 is 54.3 Å². The van der Waals surface area contributed by atoms with E-state index >= 15 is 0 Å². The molecule has 1 N–H and O–H groups in total. The number of carboxylic acid groups (broad SMARTS) is 1. The number of esters is 4. The van der Waals surface area contributed by atoms with Crippen molar-refractivity contribution in [1.82, 2.24) is 0 Å². The number of aliphatic carboxylic acids is 1. The molecule has 0 saturated heterocycles. The maximum Gasteiger partial charge on any atom is 0.347 e. The first-order chi connectivity index (χ1) is 21.0. The van der Waals surface area contributed by atoms with Crippen LogP contribution in [0.5, 0.6) is 0 Å². The maximum absolute atomic E-state index is 12.2. The molecule has 0 aromatic heterocycles. The number of carbonyl (C=O) groups is 5. The SMILES string of the molecule is CC/C=C\C/C=C\C/C=C\C/C=C\C/C=C\C/C=C\CCC(=O)O[C@@H](C)C(=O)O[C@@H](C)C(=O)O[C@@H](C)C(=O)O[C@@H](C)C(=O)O. The van der Waals surface area contributed by atoms with Gasteiger partial charge in [-0.2, -0.15) is 0 Å². The van der Waals surface area contributed by atoms with Crippen LogP contribution in [0.1, 0.15) is 86.0 Å². The first kappa shape index (κ1) is 39.8. The molecule has 10 heteroatoms. The van der Waals surface area contributed by atoms with Crippen LogP contribution in [0.2, 0.25) is 0 Å². The van der Waals surface area contributed by atoms with E-state index in [0.717, 1.165) is 45.4 Å². The normalized spacial score (nSPS) is 14.8. The van der Waals surface area contributed by atoms with Crippen molar-refractivity contribution in [3.63, 3.8) is 0 Å². The minimum Gasteiger partial charge on any atom is -0.479 e. The van der Waals surface area contributed by atoms with Gasteiger partial charge in [-0.25, -0.2) is 19.2 Å². The van der Waals surface area contributed by atoms with Crippen molar-refractivity contribution in [1.29, 1.82) is 0 Å². The molecular weight excluding hydrogens is 568 g/mol. The summed E-state index contributed by atoms with van der Waals surface area (Å²) in [6, 6.07) is 0. The van der Waals surface area contributed by atoms with Crippen LogP contribution in [0.3, 0.4) is 0 Å². The first-order valence-corrected chi connectivity index (χ1v) is 14.9. The quantitative estimate of drug-likeness (QED) is 0.0839. The summed E-state index contributed by atoms with van der Waals surface area (Å²) < 4.78 is 19.5. The number of ether oxygens (including phenoxy) is 4. The van der Waals surface area contributed by atoms with Gasteiger partial charge in [-0.3, -0.25) is 4.79 Å². The number of rotatable bonds is 22. The van der Waals surface area contributed by atoms with Gasteiger partial charge in [-0.1, -0.05) is 79.8 Å². The molecule has 44 heavy (non-hydrogen) atoms. The Balaban J connectivity index is 4.13. The molecule has 0 radical (unpaired) electrons. The number of carboxylic acids is 1. The maximum atomic E-state index is 12.2. The Morgan fingerprint density at radius 2 is 0.818 bits per heavy atom. The molecule has 0 saturated carbocycles. The summed E-state index contributed by atoms with van der Waals surface area (Å²) >= 11 is 0. The predicted octanol–water partition coefficient (Wildman–Crippen LogP) is 6.28. The molecule has 0 rings (SSSR count). The van der Waals surface area contributed by atoms with Crippen LogP contribution in [-0.2, 0) is 42.9 Å². The molecule has 0 amide bonds. The molecule has 0 aromatic carbocycles. The van der Waals surface area contributed by atoms with Crippen molar-refractivity contribution in [3.8, 4) is 0 Å². The van der Waals surface area contributed by atoms with Gasteiger partial charge in [0.25, 0.3) is 0 Å². The number of carbonyl (C=O) groups excluding carboxylic acids is 4. The summed E-state index contributed by atoms with van der Waals surface area (Å²) in [5.74, 6) is -5.05. The van der Waals surface area contributed by atoms with Crippen LogP contribution in [0, 0.1) is 0 Å². The molecule has 0 fully saturated rings. The Labute approximate surface area is 261 Å². The molecular formula is C34H48O10. The third kappa shape index (κ3) is 21.5. The van der Waals surface area contributed by atoms with Crippen LogP contribution in [0.15, 0.2) is 72.9 Å². The smallest absolute Gasteiger partial charge is 0.347 e. The second-order valence-corrected chi connectivity index (χ2v) is 9.66. The Kier molecular flexibility index (Phi) is 22.9. The lowest BCUT2D eigenvalue weighted by atomic mass is 10.2. The summed E-state index contributed by atoms with van der Waals surface area (Å²) in [4.78, 5) is 58.9.